The second-order valence-electron chi connectivity index (χ2n) is 5.53. The Bertz CT molecular complexity index is 797. The van der Waals surface area contributed by atoms with E-state index in [-0.39, 0.29) is 6.61 Å². The summed E-state index contributed by atoms with van der Waals surface area (Å²) in [5.74, 6) is -2.10. The van der Waals surface area contributed by atoms with E-state index in [0.29, 0.717) is 6.54 Å². The van der Waals surface area contributed by atoms with Crippen molar-refractivity contribution in [2.24, 2.45) is 0 Å². The van der Waals surface area contributed by atoms with Gasteiger partial charge in [0, 0.05) is 24.5 Å². The molecule has 2 aromatic rings. The fourth-order valence-electron chi connectivity index (χ4n) is 2.23. The van der Waals surface area contributed by atoms with Crippen LogP contribution in [0.4, 0.5) is 0 Å². The quantitative estimate of drug-likeness (QED) is 0.477. The molecule has 1 aromatic carbocycles. The summed E-state index contributed by atoms with van der Waals surface area (Å²) >= 11 is 0. The van der Waals surface area contributed by atoms with E-state index < -0.39 is 17.5 Å². The number of aliphatic hydroxyl groups excluding tert-OH is 1. The van der Waals surface area contributed by atoms with Crippen LogP contribution in [0.15, 0.2) is 60.5 Å². The molecule has 0 atom stereocenters. The molecule has 0 saturated heterocycles. The average molecular weight is 339 g/mol. The maximum absolute atomic E-state index is 11.8. The lowest BCUT2D eigenvalue weighted by atomic mass is 10.1. The number of aromatic nitrogens is 1. The summed E-state index contributed by atoms with van der Waals surface area (Å²) < 4.78 is 6.61. The molecule has 0 radical (unpaired) electrons. The number of ether oxygens (including phenoxy) is 1. The summed E-state index contributed by atoms with van der Waals surface area (Å²) in [5, 5.41) is 9.47. The van der Waals surface area contributed by atoms with Gasteiger partial charge in [0.15, 0.2) is 5.78 Å². The van der Waals surface area contributed by atoms with Crippen LogP contribution in [0.1, 0.15) is 23.7 Å². The predicted molar refractivity (Wildman–Crippen MR) is 96.1 cm³/mol. The van der Waals surface area contributed by atoms with Gasteiger partial charge in [-0.25, -0.2) is 4.79 Å². The summed E-state index contributed by atoms with van der Waals surface area (Å²) in [7, 11) is 0. The normalized spacial score (nSPS) is 11.7. The van der Waals surface area contributed by atoms with Crippen LogP contribution in [0, 0.1) is 6.92 Å². The zero-order valence-corrected chi connectivity index (χ0v) is 14.3. The van der Waals surface area contributed by atoms with Crippen molar-refractivity contribution >= 4 is 17.8 Å². The van der Waals surface area contributed by atoms with Crippen molar-refractivity contribution in [3.05, 3.63) is 77.3 Å². The molecule has 0 aliphatic rings. The number of rotatable bonds is 7. The van der Waals surface area contributed by atoms with E-state index in [1.54, 1.807) is 13.0 Å². The number of hydrogen-bond donors (Lipinski definition) is 1. The number of carbonyl (C=O) groups excluding carboxylic acids is 2. The summed E-state index contributed by atoms with van der Waals surface area (Å²) in [6.07, 6.45) is 5.72. The standard InChI is InChI=1S/C20H21NO4/c1-3-25-20(24)19(23)13-18(22)11-10-17-5-4-12-21(17)14-16-8-6-15(2)7-9-16/h4-13,23H,3,14H2,1-2H3/b11-10+,19-13-. The minimum absolute atomic E-state index is 0.132. The van der Waals surface area contributed by atoms with Gasteiger partial charge in [0.25, 0.3) is 0 Å². The molecule has 0 spiro atoms. The molecule has 5 nitrogen and oxygen atoms in total. The Morgan fingerprint density at radius 2 is 1.92 bits per heavy atom. The number of benzene rings is 1. The van der Waals surface area contributed by atoms with Crippen molar-refractivity contribution in [2.75, 3.05) is 6.61 Å². The first-order valence-electron chi connectivity index (χ1n) is 8.00. The van der Waals surface area contributed by atoms with Gasteiger partial charge >= 0.3 is 5.97 Å². The number of nitrogens with zero attached hydrogens (tertiary/aromatic N) is 1. The Morgan fingerprint density at radius 3 is 2.60 bits per heavy atom. The average Bonchev–Trinajstić information content (AvgIpc) is 3.02. The van der Waals surface area contributed by atoms with Gasteiger partial charge in [-0.05, 0) is 43.7 Å². The van der Waals surface area contributed by atoms with Crippen LogP contribution in [-0.2, 0) is 20.9 Å². The molecule has 5 heteroatoms. The molecule has 2 rings (SSSR count). The van der Waals surface area contributed by atoms with Crippen molar-refractivity contribution in [3.8, 4) is 0 Å². The van der Waals surface area contributed by atoms with E-state index in [1.807, 2.05) is 29.8 Å². The molecule has 0 aliphatic carbocycles. The summed E-state index contributed by atoms with van der Waals surface area (Å²) in [6.45, 7) is 4.48. The van der Waals surface area contributed by atoms with Crippen LogP contribution in [-0.4, -0.2) is 28.0 Å². The second kappa shape index (κ2) is 8.68. The maximum Gasteiger partial charge on any atom is 0.373 e. The molecule has 1 N–H and O–H groups in total. The van der Waals surface area contributed by atoms with Crippen molar-refractivity contribution in [2.45, 2.75) is 20.4 Å². The second-order valence-corrected chi connectivity index (χ2v) is 5.53. The molecule has 130 valence electrons. The zero-order valence-electron chi connectivity index (χ0n) is 14.3. The van der Waals surface area contributed by atoms with E-state index in [2.05, 4.69) is 29.0 Å². The Balaban J connectivity index is 2.05. The van der Waals surface area contributed by atoms with Gasteiger partial charge in [0.1, 0.15) is 0 Å². The monoisotopic (exact) mass is 339 g/mol. The molecular formula is C20H21NO4. The highest BCUT2D eigenvalue weighted by Crippen LogP contribution is 2.11. The minimum Gasteiger partial charge on any atom is -0.502 e. The number of ketones is 1. The van der Waals surface area contributed by atoms with Gasteiger partial charge in [-0.3, -0.25) is 4.79 Å². The van der Waals surface area contributed by atoms with E-state index in [1.165, 1.54) is 11.6 Å². The third kappa shape index (κ3) is 5.49. The number of aliphatic hydroxyl groups is 1. The van der Waals surface area contributed by atoms with Crippen LogP contribution in [0.2, 0.25) is 0 Å². The van der Waals surface area contributed by atoms with E-state index in [4.69, 9.17) is 0 Å². The maximum atomic E-state index is 11.8. The molecule has 0 bridgehead atoms. The number of aryl methyl sites for hydroxylation is 1. The number of hydrogen-bond acceptors (Lipinski definition) is 4. The van der Waals surface area contributed by atoms with Gasteiger partial charge in [-0.1, -0.05) is 29.8 Å². The van der Waals surface area contributed by atoms with E-state index in [0.717, 1.165) is 17.3 Å². The molecule has 1 aromatic heterocycles. The molecule has 0 fully saturated rings. The first-order chi connectivity index (χ1) is 12.0. The Kier molecular flexibility index (Phi) is 6.34. The molecule has 1 heterocycles. The van der Waals surface area contributed by atoms with Gasteiger partial charge in [-0.2, -0.15) is 0 Å². The van der Waals surface area contributed by atoms with Crippen LogP contribution in [0.5, 0.6) is 0 Å². The zero-order chi connectivity index (χ0) is 18.2. The highest BCUT2D eigenvalue weighted by Gasteiger charge is 2.09. The Labute approximate surface area is 146 Å². The van der Waals surface area contributed by atoms with Crippen LogP contribution in [0.3, 0.4) is 0 Å². The first-order valence-corrected chi connectivity index (χ1v) is 8.00. The third-order valence-corrected chi connectivity index (χ3v) is 3.52. The van der Waals surface area contributed by atoms with Crippen LogP contribution < -0.4 is 0 Å². The van der Waals surface area contributed by atoms with E-state index in [9.17, 15) is 14.7 Å². The highest BCUT2D eigenvalue weighted by atomic mass is 16.5. The SMILES string of the molecule is CCOC(=O)/C(O)=C/C(=O)/C=C/c1cccn1Cc1ccc(C)cc1. The number of esters is 1. The molecular weight excluding hydrogens is 318 g/mol. The Hall–Kier alpha value is -3.08. The number of carbonyl (C=O) groups is 2. The van der Waals surface area contributed by atoms with Gasteiger partial charge < -0.3 is 14.4 Å². The minimum atomic E-state index is -0.910. The van der Waals surface area contributed by atoms with E-state index >= 15 is 0 Å². The highest BCUT2D eigenvalue weighted by molar-refractivity contribution is 6.05. The third-order valence-electron chi connectivity index (χ3n) is 3.52. The summed E-state index contributed by atoms with van der Waals surface area (Å²) in [5.41, 5.74) is 3.20. The predicted octanol–water partition coefficient (Wildman–Crippen LogP) is 3.43. The lowest BCUT2D eigenvalue weighted by molar-refractivity contribution is -0.141. The molecule has 25 heavy (non-hydrogen) atoms. The van der Waals surface area contributed by atoms with Gasteiger partial charge in [0.2, 0.25) is 5.76 Å². The number of allylic oxidation sites excluding steroid dienone is 2. The Morgan fingerprint density at radius 1 is 1.20 bits per heavy atom. The lowest BCUT2D eigenvalue weighted by Gasteiger charge is -2.07. The topological polar surface area (TPSA) is 68.5 Å². The molecule has 0 amide bonds. The fraction of sp³-hybridized carbons (Fsp3) is 0.200. The lowest BCUT2D eigenvalue weighted by Crippen LogP contribution is -2.08. The van der Waals surface area contributed by atoms with Crippen LogP contribution >= 0.6 is 0 Å². The fourth-order valence-corrected chi connectivity index (χ4v) is 2.23. The largest absolute Gasteiger partial charge is 0.502 e. The molecule has 0 unspecified atom stereocenters. The molecule has 0 saturated carbocycles. The smallest absolute Gasteiger partial charge is 0.373 e. The first kappa shape index (κ1) is 18.3. The van der Waals surface area contributed by atoms with Crippen LogP contribution in [0.25, 0.3) is 6.08 Å². The van der Waals surface area contributed by atoms with Crippen molar-refractivity contribution in [1.29, 1.82) is 0 Å². The van der Waals surface area contributed by atoms with Gasteiger partial charge in [-0.15, -0.1) is 0 Å². The van der Waals surface area contributed by atoms with Crippen molar-refractivity contribution in [1.82, 2.24) is 4.57 Å². The van der Waals surface area contributed by atoms with Crippen molar-refractivity contribution in [3.63, 3.8) is 0 Å². The summed E-state index contributed by atoms with van der Waals surface area (Å²) in [4.78, 5) is 23.1. The van der Waals surface area contributed by atoms with Crippen molar-refractivity contribution < 1.29 is 19.4 Å². The molecule has 0 aliphatic heterocycles. The van der Waals surface area contributed by atoms with Gasteiger partial charge in [0.05, 0.1) is 6.61 Å². The summed E-state index contributed by atoms with van der Waals surface area (Å²) in [6, 6.07) is 12.0.